The maximum absolute atomic E-state index is 13.6. The molecule has 0 aliphatic carbocycles. The van der Waals surface area contributed by atoms with Crippen LogP contribution in [0.2, 0.25) is 0 Å². The lowest BCUT2D eigenvalue weighted by Gasteiger charge is -2.13. The van der Waals surface area contributed by atoms with Crippen molar-refractivity contribution in [3.63, 3.8) is 0 Å². The molecule has 4 nitrogen and oxygen atoms in total. The Morgan fingerprint density at radius 3 is 2.06 bits per heavy atom. The van der Waals surface area contributed by atoms with Crippen molar-refractivity contribution in [1.82, 2.24) is 13.9 Å². The van der Waals surface area contributed by atoms with Crippen LogP contribution in [0.4, 0.5) is 13.2 Å². The van der Waals surface area contributed by atoms with Crippen LogP contribution in [0.3, 0.4) is 0 Å². The molecule has 0 saturated heterocycles. The third kappa shape index (κ3) is 3.13. The molecular weight excluding hydrogens is 415 g/mol. The van der Waals surface area contributed by atoms with Crippen LogP contribution in [0.5, 0.6) is 0 Å². The second-order valence-electron chi connectivity index (χ2n) is 7.50. The molecule has 0 radical (unpaired) electrons. The van der Waals surface area contributed by atoms with Gasteiger partial charge in [-0.3, -0.25) is 9.48 Å². The molecule has 32 heavy (non-hydrogen) atoms. The van der Waals surface area contributed by atoms with Crippen molar-refractivity contribution in [1.29, 1.82) is 0 Å². The largest absolute Gasteiger partial charge is 0.416 e. The zero-order valence-corrected chi connectivity index (χ0v) is 17.0. The van der Waals surface area contributed by atoms with Crippen LogP contribution in [0, 0.1) is 0 Å². The van der Waals surface area contributed by atoms with Crippen molar-refractivity contribution >= 4 is 10.9 Å². The number of rotatable bonds is 3. The number of nitrogens with zero attached hydrogens (tertiary/aromatic N) is 3. The second kappa shape index (κ2) is 7.30. The van der Waals surface area contributed by atoms with Gasteiger partial charge in [-0.25, -0.2) is 4.68 Å². The number of hydrogen-bond acceptors (Lipinski definition) is 1. The Hall–Kier alpha value is -4.00. The molecule has 3 aromatic carbocycles. The first-order chi connectivity index (χ1) is 15.4. The maximum atomic E-state index is 13.6. The third-order valence-corrected chi connectivity index (χ3v) is 5.54. The second-order valence-corrected chi connectivity index (χ2v) is 7.50. The molecule has 7 heteroatoms. The summed E-state index contributed by atoms with van der Waals surface area (Å²) in [6.07, 6.45) is -2.75. The van der Waals surface area contributed by atoms with Crippen LogP contribution in [0.25, 0.3) is 33.5 Å². The fourth-order valence-electron chi connectivity index (χ4n) is 4.07. The number of fused-ring (bicyclic) bond motifs is 1. The molecule has 0 unspecified atom stereocenters. The molecule has 0 aliphatic rings. The van der Waals surface area contributed by atoms with Crippen LogP contribution >= 0.6 is 0 Å². The summed E-state index contributed by atoms with van der Waals surface area (Å²) < 4.78 is 45.0. The predicted octanol–water partition coefficient (Wildman–Crippen LogP) is 5.81. The topological polar surface area (TPSA) is 31.9 Å². The van der Waals surface area contributed by atoms with Crippen molar-refractivity contribution in [2.45, 2.75) is 6.18 Å². The average molecular weight is 433 g/mol. The fourth-order valence-corrected chi connectivity index (χ4v) is 4.07. The molecule has 5 aromatic rings. The van der Waals surface area contributed by atoms with Crippen LogP contribution in [-0.2, 0) is 13.2 Å². The van der Waals surface area contributed by atoms with E-state index in [0.29, 0.717) is 28.0 Å². The first-order valence-electron chi connectivity index (χ1n) is 9.98. The van der Waals surface area contributed by atoms with E-state index in [1.165, 1.54) is 6.07 Å². The highest BCUT2D eigenvalue weighted by atomic mass is 19.4. The van der Waals surface area contributed by atoms with Crippen molar-refractivity contribution in [3.05, 3.63) is 107 Å². The van der Waals surface area contributed by atoms with E-state index >= 15 is 0 Å². The Kier molecular flexibility index (Phi) is 4.55. The molecule has 0 bridgehead atoms. The number of hydrogen-bond donors (Lipinski definition) is 0. The van der Waals surface area contributed by atoms with E-state index in [4.69, 9.17) is 0 Å². The summed E-state index contributed by atoms with van der Waals surface area (Å²) in [7, 11) is 1.77. The summed E-state index contributed by atoms with van der Waals surface area (Å²) in [5, 5.41) is 0.444. The van der Waals surface area contributed by atoms with E-state index in [0.717, 1.165) is 17.7 Å². The van der Waals surface area contributed by atoms with Gasteiger partial charge in [-0.2, -0.15) is 13.2 Å². The zero-order chi connectivity index (χ0) is 22.5. The van der Waals surface area contributed by atoms with Gasteiger partial charge >= 0.3 is 6.18 Å². The van der Waals surface area contributed by atoms with E-state index in [-0.39, 0.29) is 5.56 Å². The molecule has 0 amide bonds. The molecule has 2 aromatic heterocycles. The summed E-state index contributed by atoms with van der Waals surface area (Å²) in [6.45, 7) is 0. The lowest BCUT2D eigenvalue weighted by atomic mass is 10.1. The lowest BCUT2D eigenvalue weighted by molar-refractivity contribution is -0.137. The van der Waals surface area contributed by atoms with Gasteiger partial charge in [0.05, 0.1) is 27.8 Å². The fraction of sp³-hybridized carbons (Fsp3) is 0.0800. The molecule has 5 rings (SSSR count). The van der Waals surface area contributed by atoms with E-state index in [2.05, 4.69) is 0 Å². The van der Waals surface area contributed by atoms with Gasteiger partial charge in [0, 0.05) is 18.9 Å². The number of aryl methyl sites for hydroxylation is 1. The lowest BCUT2D eigenvalue weighted by Crippen LogP contribution is -2.20. The molecule has 0 saturated carbocycles. The van der Waals surface area contributed by atoms with Crippen molar-refractivity contribution in [2.75, 3.05) is 0 Å². The Balaban J connectivity index is 1.85. The number of alkyl halides is 3. The summed E-state index contributed by atoms with van der Waals surface area (Å²) in [5.41, 5.74) is 1.97. The van der Waals surface area contributed by atoms with Crippen LogP contribution in [0.1, 0.15) is 5.56 Å². The highest BCUT2D eigenvalue weighted by molar-refractivity contribution is 5.95. The first kappa shape index (κ1) is 19.9. The molecule has 0 N–H and O–H groups in total. The molecule has 0 aliphatic heterocycles. The maximum Gasteiger partial charge on any atom is 0.416 e. The minimum absolute atomic E-state index is 0.238. The van der Waals surface area contributed by atoms with E-state index in [1.807, 2.05) is 60.7 Å². The molecule has 0 fully saturated rings. The van der Waals surface area contributed by atoms with Crippen LogP contribution in [-0.4, -0.2) is 13.9 Å². The Morgan fingerprint density at radius 2 is 1.41 bits per heavy atom. The summed E-state index contributed by atoms with van der Waals surface area (Å²) in [6, 6.07) is 23.6. The number of halogens is 3. The normalized spacial score (nSPS) is 11.9. The minimum Gasteiger partial charge on any atom is -0.314 e. The van der Waals surface area contributed by atoms with Gasteiger partial charge in [0.25, 0.3) is 5.56 Å². The zero-order valence-electron chi connectivity index (χ0n) is 17.0. The average Bonchev–Trinajstić information content (AvgIpc) is 3.30. The van der Waals surface area contributed by atoms with Crippen LogP contribution in [0.15, 0.2) is 95.9 Å². The van der Waals surface area contributed by atoms with Gasteiger partial charge in [-0.15, -0.1) is 0 Å². The van der Waals surface area contributed by atoms with Gasteiger partial charge in [0.2, 0.25) is 0 Å². The summed E-state index contributed by atoms with van der Waals surface area (Å²) in [4.78, 5) is 13.6. The van der Waals surface area contributed by atoms with E-state index in [1.54, 1.807) is 33.2 Å². The molecular formula is C25H18F3N3O. The standard InChI is InChI=1S/C25H18F3N3O/c1-29-21-16-30(20-14-8-11-18(15-20)25(26,27)28)23(17-9-4-2-5-10-17)22(21)24(32)31(29)19-12-6-3-7-13-19/h2-16H,1H3. The Morgan fingerprint density at radius 1 is 0.781 bits per heavy atom. The van der Waals surface area contributed by atoms with Gasteiger partial charge in [-0.1, -0.05) is 54.6 Å². The predicted molar refractivity (Wildman–Crippen MR) is 118 cm³/mol. The number of para-hydroxylation sites is 1. The highest BCUT2D eigenvalue weighted by Crippen LogP contribution is 2.35. The van der Waals surface area contributed by atoms with Crippen molar-refractivity contribution in [3.8, 4) is 22.6 Å². The highest BCUT2D eigenvalue weighted by Gasteiger charge is 2.31. The van der Waals surface area contributed by atoms with Crippen molar-refractivity contribution < 1.29 is 13.2 Å². The van der Waals surface area contributed by atoms with Gasteiger partial charge in [0.1, 0.15) is 0 Å². The SMILES string of the molecule is Cn1c2cn(-c3cccc(C(F)(F)F)c3)c(-c3ccccc3)c2c(=O)n1-c1ccccc1. The van der Waals surface area contributed by atoms with Gasteiger partial charge in [0.15, 0.2) is 0 Å². The Bertz CT molecular complexity index is 1480. The van der Waals surface area contributed by atoms with Gasteiger partial charge < -0.3 is 4.57 Å². The van der Waals surface area contributed by atoms with Crippen LogP contribution < -0.4 is 5.56 Å². The number of benzene rings is 3. The quantitative estimate of drug-likeness (QED) is 0.354. The van der Waals surface area contributed by atoms with E-state index < -0.39 is 11.7 Å². The molecule has 2 heterocycles. The molecule has 160 valence electrons. The number of aromatic nitrogens is 3. The van der Waals surface area contributed by atoms with Gasteiger partial charge in [-0.05, 0) is 35.9 Å². The molecule has 0 atom stereocenters. The Labute approximate surface area is 181 Å². The smallest absolute Gasteiger partial charge is 0.314 e. The summed E-state index contributed by atoms with van der Waals surface area (Å²) in [5.74, 6) is 0. The summed E-state index contributed by atoms with van der Waals surface area (Å²) >= 11 is 0. The van der Waals surface area contributed by atoms with Crippen molar-refractivity contribution in [2.24, 2.45) is 7.05 Å². The minimum atomic E-state index is -4.46. The molecule has 0 spiro atoms. The first-order valence-corrected chi connectivity index (χ1v) is 9.98. The van der Waals surface area contributed by atoms with E-state index in [9.17, 15) is 18.0 Å². The monoisotopic (exact) mass is 433 g/mol. The third-order valence-electron chi connectivity index (χ3n) is 5.54.